The zero-order valence-corrected chi connectivity index (χ0v) is 19.1. The van der Waals surface area contributed by atoms with E-state index >= 15 is 0 Å². The van der Waals surface area contributed by atoms with Gasteiger partial charge in [-0.25, -0.2) is 4.98 Å². The van der Waals surface area contributed by atoms with Crippen molar-refractivity contribution >= 4 is 40.2 Å². The number of nitrogens with one attached hydrogen (secondary N) is 1. The van der Waals surface area contributed by atoms with Crippen LogP contribution < -0.4 is 14.8 Å². The first-order valence-corrected chi connectivity index (χ1v) is 12.1. The summed E-state index contributed by atoms with van der Waals surface area (Å²) >= 11 is 9.04. The number of halogens is 1. The second-order valence-corrected chi connectivity index (χ2v) is 10.2. The minimum absolute atomic E-state index is 0.0346. The average molecular weight is 477 g/mol. The van der Waals surface area contributed by atoms with Crippen LogP contribution in [0.1, 0.15) is 24.1 Å². The highest BCUT2D eigenvalue weighted by Gasteiger charge is 2.36. The normalized spacial score (nSPS) is 16.9. The summed E-state index contributed by atoms with van der Waals surface area (Å²) in [5.41, 5.74) is 1.73. The summed E-state index contributed by atoms with van der Waals surface area (Å²) in [6, 6.07) is 9.88. The van der Waals surface area contributed by atoms with Gasteiger partial charge < -0.3 is 19.5 Å². The molecule has 0 saturated carbocycles. The zero-order valence-electron chi connectivity index (χ0n) is 16.7. The molecule has 0 atom stereocenters. The molecule has 6 nitrogen and oxygen atoms in total. The highest BCUT2D eigenvalue weighted by Crippen LogP contribution is 2.40. The van der Waals surface area contributed by atoms with Crippen molar-refractivity contribution in [1.29, 1.82) is 0 Å². The Morgan fingerprint density at radius 3 is 2.81 bits per heavy atom. The number of rotatable bonds is 6. The minimum Gasteiger partial charge on any atom is -0.454 e. The lowest BCUT2D eigenvalue weighted by Crippen LogP contribution is -2.45. The average Bonchev–Trinajstić information content (AvgIpc) is 3.53. The number of hydrogen-bond donors (Lipinski definition) is 1. The van der Waals surface area contributed by atoms with Crippen molar-refractivity contribution in [1.82, 2.24) is 10.3 Å². The van der Waals surface area contributed by atoms with E-state index < -0.39 is 0 Å². The van der Waals surface area contributed by atoms with Gasteiger partial charge in [0.05, 0.1) is 21.3 Å². The number of benzene rings is 1. The van der Waals surface area contributed by atoms with E-state index in [1.807, 2.05) is 29.6 Å². The van der Waals surface area contributed by atoms with Crippen LogP contribution in [0.25, 0.3) is 9.88 Å². The van der Waals surface area contributed by atoms with E-state index in [2.05, 4.69) is 16.4 Å². The van der Waals surface area contributed by atoms with Crippen LogP contribution in [0.4, 0.5) is 0 Å². The smallest absolute Gasteiger partial charge is 0.231 e. The van der Waals surface area contributed by atoms with Crippen LogP contribution in [0, 0.1) is 0 Å². The summed E-state index contributed by atoms with van der Waals surface area (Å²) < 4.78 is 17.3. The van der Waals surface area contributed by atoms with Gasteiger partial charge in [-0.1, -0.05) is 17.7 Å². The van der Waals surface area contributed by atoms with Crippen molar-refractivity contribution in [3.05, 3.63) is 51.3 Å². The molecular weight excluding hydrogens is 456 g/mol. The lowest BCUT2D eigenvalue weighted by Gasteiger charge is -2.38. The van der Waals surface area contributed by atoms with E-state index in [4.69, 9.17) is 25.8 Å². The first-order chi connectivity index (χ1) is 15.1. The second kappa shape index (κ2) is 8.78. The molecule has 31 heavy (non-hydrogen) atoms. The maximum Gasteiger partial charge on any atom is 0.231 e. The Labute approximate surface area is 193 Å². The third-order valence-electron chi connectivity index (χ3n) is 5.74. The molecule has 0 spiro atoms. The Morgan fingerprint density at radius 2 is 2.00 bits per heavy atom. The van der Waals surface area contributed by atoms with Crippen LogP contribution in [0.15, 0.2) is 35.7 Å². The van der Waals surface area contributed by atoms with Crippen LogP contribution in [-0.2, 0) is 21.4 Å². The van der Waals surface area contributed by atoms with Gasteiger partial charge in [-0.05, 0) is 42.7 Å². The highest BCUT2D eigenvalue weighted by molar-refractivity contribution is 7.23. The van der Waals surface area contributed by atoms with Gasteiger partial charge in [0.25, 0.3) is 0 Å². The Hall–Kier alpha value is -2.13. The Bertz CT molecular complexity index is 1090. The lowest BCUT2D eigenvalue weighted by atomic mass is 9.74. The Balaban J connectivity index is 1.26. The van der Waals surface area contributed by atoms with Gasteiger partial charge in [-0.2, -0.15) is 0 Å². The quantitative estimate of drug-likeness (QED) is 0.560. The fraction of sp³-hybridized carbons (Fsp3) is 0.364. The predicted octanol–water partition coefficient (Wildman–Crippen LogP) is 4.66. The van der Waals surface area contributed by atoms with Crippen molar-refractivity contribution in [2.24, 2.45) is 0 Å². The van der Waals surface area contributed by atoms with Crippen LogP contribution in [-0.4, -0.2) is 37.4 Å². The second-order valence-electron chi connectivity index (χ2n) is 7.66. The maximum absolute atomic E-state index is 12.7. The molecule has 3 aromatic rings. The molecule has 2 aliphatic rings. The molecule has 2 aromatic heterocycles. The summed E-state index contributed by atoms with van der Waals surface area (Å²) in [7, 11) is 0. The molecule has 1 amide bonds. The molecule has 9 heteroatoms. The molecule has 1 aromatic carbocycles. The largest absolute Gasteiger partial charge is 0.454 e. The molecule has 0 bridgehead atoms. The molecule has 1 N–H and O–H groups in total. The molecule has 1 fully saturated rings. The fourth-order valence-electron chi connectivity index (χ4n) is 3.98. The summed E-state index contributed by atoms with van der Waals surface area (Å²) in [4.78, 5) is 18.3. The number of carbonyl (C=O) groups is 1. The van der Waals surface area contributed by atoms with Gasteiger partial charge in [0.2, 0.25) is 12.7 Å². The predicted molar refractivity (Wildman–Crippen MR) is 121 cm³/mol. The van der Waals surface area contributed by atoms with Crippen LogP contribution in [0.5, 0.6) is 11.5 Å². The number of nitrogens with zero attached hydrogens (tertiary/aromatic N) is 1. The van der Waals surface area contributed by atoms with Crippen molar-refractivity contribution in [3.63, 3.8) is 0 Å². The number of amides is 1. The summed E-state index contributed by atoms with van der Waals surface area (Å²) in [6.45, 7) is 2.14. The van der Waals surface area contributed by atoms with Gasteiger partial charge >= 0.3 is 0 Å². The van der Waals surface area contributed by atoms with Crippen molar-refractivity contribution in [2.75, 3.05) is 26.6 Å². The third kappa shape index (κ3) is 4.43. The molecule has 5 rings (SSSR count). The van der Waals surface area contributed by atoms with E-state index in [0.717, 1.165) is 49.8 Å². The first-order valence-electron chi connectivity index (χ1n) is 10.1. The van der Waals surface area contributed by atoms with Crippen molar-refractivity contribution in [2.45, 2.75) is 24.7 Å². The summed E-state index contributed by atoms with van der Waals surface area (Å²) in [5, 5.41) is 5.97. The Morgan fingerprint density at radius 1 is 1.16 bits per heavy atom. The lowest BCUT2D eigenvalue weighted by molar-refractivity contribution is -0.121. The SMILES string of the molecule is O=C(Cc1csc(-c2ccc(Cl)s2)n1)NCC1(c2ccc3c(c2)OCO3)CCOCC1. The van der Waals surface area contributed by atoms with E-state index in [0.29, 0.717) is 19.8 Å². The number of aromatic nitrogens is 1. The topological polar surface area (TPSA) is 69.7 Å². The van der Waals surface area contributed by atoms with Crippen LogP contribution in [0.3, 0.4) is 0 Å². The molecule has 162 valence electrons. The van der Waals surface area contributed by atoms with Gasteiger partial charge in [0, 0.05) is 30.6 Å². The monoisotopic (exact) mass is 476 g/mol. The minimum atomic E-state index is -0.185. The number of carbonyl (C=O) groups excluding carboxylic acids is 1. The van der Waals surface area contributed by atoms with E-state index in [1.54, 1.807) is 0 Å². The fourth-order valence-corrected chi connectivity index (χ4v) is 5.92. The first kappa shape index (κ1) is 20.8. The van der Waals surface area contributed by atoms with Crippen molar-refractivity contribution < 1.29 is 19.0 Å². The molecule has 4 heterocycles. The van der Waals surface area contributed by atoms with Gasteiger partial charge in [-0.15, -0.1) is 22.7 Å². The highest BCUT2D eigenvalue weighted by atomic mass is 35.5. The summed E-state index contributed by atoms with van der Waals surface area (Å²) in [6.07, 6.45) is 1.93. The molecular formula is C22H21ClN2O4S2. The van der Waals surface area contributed by atoms with Gasteiger partial charge in [-0.3, -0.25) is 4.79 Å². The van der Waals surface area contributed by atoms with Gasteiger partial charge in [0.1, 0.15) is 5.01 Å². The van der Waals surface area contributed by atoms with Crippen LogP contribution >= 0.6 is 34.3 Å². The molecule has 0 radical (unpaired) electrons. The molecule has 1 saturated heterocycles. The number of ether oxygens (including phenoxy) is 3. The van der Waals surface area contributed by atoms with E-state index in [9.17, 15) is 4.79 Å². The maximum atomic E-state index is 12.7. The zero-order chi connectivity index (χ0) is 21.3. The summed E-state index contributed by atoms with van der Waals surface area (Å²) in [5.74, 6) is 1.49. The van der Waals surface area contributed by atoms with Crippen molar-refractivity contribution in [3.8, 4) is 21.4 Å². The van der Waals surface area contributed by atoms with Crippen LogP contribution in [0.2, 0.25) is 4.34 Å². The third-order valence-corrected chi connectivity index (χ3v) is 8.03. The van der Waals surface area contributed by atoms with E-state index in [-0.39, 0.29) is 24.5 Å². The molecule has 0 aliphatic carbocycles. The Kier molecular flexibility index (Phi) is 5.88. The van der Waals surface area contributed by atoms with E-state index in [1.165, 1.54) is 22.7 Å². The number of hydrogen-bond acceptors (Lipinski definition) is 7. The standard InChI is InChI=1S/C22H21ClN2O4S2/c23-19-4-3-18(31-19)21-25-15(11-30-21)10-20(26)24-12-22(5-7-27-8-6-22)14-1-2-16-17(9-14)29-13-28-16/h1-4,9,11H,5-8,10,12-13H2,(H,24,26). The molecule has 0 unspecified atom stereocenters. The number of thiophene rings is 1. The molecule has 2 aliphatic heterocycles. The number of fused-ring (bicyclic) bond motifs is 1. The van der Waals surface area contributed by atoms with Gasteiger partial charge in [0.15, 0.2) is 11.5 Å². The number of thiazole rings is 1.